The number of rotatable bonds is 4. The van der Waals surface area contributed by atoms with E-state index in [2.05, 4.69) is 50.1 Å². The molecular formula is C17H21ClN2. The largest absolute Gasteiger partial charge is 0.368 e. The van der Waals surface area contributed by atoms with E-state index in [1.807, 2.05) is 18.2 Å². The van der Waals surface area contributed by atoms with Crippen LogP contribution < -0.4 is 10.6 Å². The molecule has 0 fully saturated rings. The Labute approximate surface area is 126 Å². The van der Waals surface area contributed by atoms with Crippen LogP contribution in [0.1, 0.15) is 29.7 Å². The maximum Gasteiger partial charge on any atom is 0.0525 e. The van der Waals surface area contributed by atoms with Crippen molar-refractivity contribution < 1.29 is 0 Å². The third-order valence-corrected chi connectivity index (χ3v) is 4.23. The lowest BCUT2D eigenvalue weighted by molar-refractivity contribution is 0.739. The zero-order valence-electron chi connectivity index (χ0n) is 12.2. The van der Waals surface area contributed by atoms with Gasteiger partial charge in [0.15, 0.2) is 0 Å². The first-order valence-electron chi connectivity index (χ1n) is 6.81. The first-order valence-corrected chi connectivity index (χ1v) is 7.19. The third kappa shape index (κ3) is 2.97. The first-order chi connectivity index (χ1) is 9.54. The number of halogens is 1. The Hall–Kier alpha value is -1.51. The Morgan fingerprint density at radius 2 is 1.90 bits per heavy atom. The molecule has 0 aliphatic heterocycles. The number of benzene rings is 2. The maximum absolute atomic E-state index is 6.29. The molecule has 0 saturated carbocycles. The van der Waals surface area contributed by atoms with Crippen molar-refractivity contribution in [3.05, 3.63) is 64.2 Å². The standard InChI is InChI=1S/C17H21ClN2/c1-12-10-15(9-8-14(12)11-19)20(3)13(2)16-6-4-5-7-17(16)18/h4-10,13H,11,19H2,1-3H3. The molecule has 0 bridgehead atoms. The van der Waals surface area contributed by atoms with Crippen molar-refractivity contribution >= 4 is 17.3 Å². The van der Waals surface area contributed by atoms with E-state index in [9.17, 15) is 0 Å². The quantitative estimate of drug-likeness (QED) is 0.908. The van der Waals surface area contributed by atoms with Crippen molar-refractivity contribution in [2.75, 3.05) is 11.9 Å². The van der Waals surface area contributed by atoms with E-state index in [1.165, 1.54) is 16.8 Å². The van der Waals surface area contributed by atoms with Gasteiger partial charge < -0.3 is 10.6 Å². The highest BCUT2D eigenvalue weighted by atomic mass is 35.5. The van der Waals surface area contributed by atoms with E-state index in [-0.39, 0.29) is 6.04 Å². The summed E-state index contributed by atoms with van der Waals surface area (Å²) < 4.78 is 0. The molecule has 0 spiro atoms. The summed E-state index contributed by atoms with van der Waals surface area (Å²) in [6.45, 7) is 4.84. The van der Waals surface area contributed by atoms with E-state index >= 15 is 0 Å². The minimum absolute atomic E-state index is 0.215. The normalized spacial score (nSPS) is 12.2. The van der Waals surface area contributed by atoms with Crippen molar-refractivity contribution in [2.45, 2.75) is 26.4 Å². The van der Waals surface area contributed by atoms with Gasteiger partial charge in [0, 0.05) is 24.3 Å². The van der Waals surface area contributed by atoms with Crippen molar-refractivity contribution in [3.8, 4) is 0 Å². The second-order valence-electron chi connectivity index (χ2n) is 5.12. The van der Waals surface area contributed by atoms with E-state index in [0.29, 0.717) is 6.54 Å². The Morgan fingerprint density at radius 1 is 1.20 bits per heavy atom. The fraction of sp³-hybridized carbons (Fsp3) is 0.294. The van der Waals surface area contributed by atoms with Crippen LogP contribution in [-0.2, 0) is 6.54 Å². The molecule has 2 aromatic carbocycles. The fourth-order valence-electron chi connectivity index (χ4n) is 2.37. The smallest absolute Gasteiger partial charge is 0.0525 e. The van der Waals surface area contributed by atoms with Crippen LogP contribution in [0, 0.1) is 6.92 Å². The lowest BCUT2D eigenvalue weighted by Crippen LogP contribution is -2.22. The van der Waals surface area contributed by atoms with Crippen LogP contribution in [-0.4, -0.2) is 7.05 Å². The van der Waals surface area contributed by atoms with Crippen LogP contribution in [0.3, 0.4) is 0 Å². The van der Waals surface area contributed by atoms with Gasteiger partial charge in [-0.2, -0.15) is 0 Å². The van der Waals surface area contributed by atoms with Gasteiger partial charge in [-0.1, -0.05) is 35.9 Å². The number of nitrogens with zero attached hydrogens (tertiary/aromatic N) is 1. The predicted molar refractivity (Wildman–Crippen MR) is 87.3 cm³/mol. The minimum Gasteiger partial charge on any atom is -0.368 e. The minimum atomic E-state index is 0.215. The Bertz CT molecular complexity index is 595. The van der Waals surface area contributed by atoms with Gasteiger partial charge in [-0.25, -0.2) is 0 Å². The number of nitrogens with two attached hydrogens (primary N) is 1. The lowest BCUT2D eigenvalue weighted by atomic mass is 10.0. The van der Waals surface area contributed by atoms with Gasteiger partial charge in [-0.05, 0) is 48.7 Å². The maximum atomic E-state index is 6.29. The molecule has 1 atom stereocenters. The zero-order valence-corrected chi connectivity index (χ0v) is 13.0. The summed E-state index contributed by atoms with van der Waals surface area (Å²) in [4.78, 5) is 2.23. The summed E-state index contributed by atoms with van der Waals surface area (Å²) in [5.74, 6) is 0. The summed E-state index contributed by atoms with van der Waals surface area (Å²) in [6.07, 6.45) is 0. The first kappa shape index (κ1) is 14.9. The summed E-state index contributed by atoms with van der Waals surface area (Å²) in [5, 5.41) is 0.808. The van der Waals surface area contributed by atoms with Crippen LogP contribution in [0.2, 0.25) is 5.02 Å². The highest BCUT2D eigenvalue weighted by molar-refractivity contribution is 6.31. The van der Waals surface area contributed by atoms with Gasteiger partial charge in [-0.3, -0.25) is 0 Å². The molecule has 0 aliphatic carbocycles. The highest BCUT2D eigenvalue weighted by Gasteiger charge is 2.15. The van der Waals surface area contributed by atoms with Gasteiger partial charge in [0.1, 0.15) is 0 Å². The molecule has 2 nitrogen and oxygen atoms in total. The van der Waals surface area contributed by atoms with Gasteiger partial charge in [0.2, 0.25) is 0 Å². The van der Waals surface area contributed by atoms with Gasteiger partial charge in [0.05, 0.1) is 6.04 Å². The predicted octanol–water partition coefficient (Wildman–Crippen LogP) is 4.30. The molecule has 0 saturated heterocycles. The third-order valence-electron chi connectivity index (χ3n) is 3.89. The summed E-state index contributed by atoms with van der Waals surface area (Å²) in [5.41, 5.74) is 10.4. The van der Waals surface area contributed by atoms with E-state index in [4.69, 9.17) is 17.3 Å². The Balaban J connectivity index is 2.29. The molecule has 0 heterocycles. The fourth-order valence-corrected chi connectivity index (χ4v) is 2.67. The van der Waals surface area contributed by atoms with Crippen molar-refractivity contribution in [1.29, 1.82) is 0 Å². The monoisotopic (exact) mass is 288 g/mol. The molecule has 106 valence electrons. The van der Waals surface area contributed by atoms with Crippen molar-refractivity contribution in [1.82, 2.24) is 0 Å². The number of hydrogen-bond donors (Lipinski definition) is 1. The van der Waals surface area contributed by atoms with Crippen LogP contribution >= 0.6 is 11.6 Å². The molecule has 20 heavy (non-hydrogen) atoms. The summed E-state index contributed by atoms with van der Waals surface area (Å²) >= 11 is 6.29. The molecule has 0 aromatic heterocycles. The van der Waals surface area contributed by atoms with Crippen molar-refractivity contribution in [2.24, 2.45) is 5.73 Å². The van der Waals surface area contributed by atoms with Gasteiger partial charge in [-0.15, -0.1) is 0 Å². The average Bonchev–Trinajstić information content (AvgIpc) is 2.46. The summed E-state index contributed by atoms with van der Waals surface area (Å²) in [6, 6.07) is 14.6. The molecule has 0 amide bonds. The van der Waals surface area contributed by atoms with Gasteiger partial charge in [0.25, 0.3) is 0 Å². The van der Waals surface area contributed by atoms with Crippen molar-refractivity contribution in [3.63, 3.8) is 0 Å². The number of hydrogen-bond acceptors (Lipinski definition) is 2. The molecular weight excluding hydrogens is 268 g/mol. The number of anilines is 1. The molecule has 2 N–H and O–H groups in total. The average molecular weight is 289 g/mol. The van der Waals surface area contributed by atoms with E-state index in [0.717, 1.165) is 10.6 Å². The van der Waals surface area contributed by atoms with Crippen LogP contribution in [0.25, 0.3) is 0 Å². The van der Waals surface area contributed by atoms with Gasteiger partial charge >= 0.3 is 0 Å². The Morgan fingerprint density at radius 3 is 2.50 bits per heavy atom. The highest BCUT2D eigenvalue weighted by Crippen LogP contribution is 2.30. The summed E-state index contributed by atoms with van der Waals surface area (Å²) in [7, 11) is 2.09. The lowest BCUT2D eigenvalue weighted by Gasteiger charge is -2.28. The van der Waals surface area contributed by atoms with E-state index in [1.54, 1.807) is 0 Å². The second kappa shape index (κ2) is 6.29. The molecule has 3 heteroatoms. The van der Waals surface area contributed by atoms with Crippen LogP contribution in [0.5, 0.6) is 0 Å². The van der Waals surface area contributed by atoms with E-state index < -0.39 is 0 Å². The van der Waals surface area contributed by atoms with Crippen LogP contribution in [0.4, 0.5) is 5.69 Å². The molecule has 0 aliphatic rings. The molecule has 2 aromatic rings. The Kier molecular flexibility index (Phi) is 4.69. The second-order valence-corrected chi connectivity index (χ2v) is 5.53. The number of aryl methyl sites for hydroxylation is 1. The molecule has 0 radical (unpaired) electrons. The zero-order chi connectivity index (χ0) is 14.7. The molecule has 2 rings (SSSR count). The SMILES string of the molecule is Cc1cc(N(C)C(C)c2ccccc2Cl)ccc1CN. The molecule has 1 unspecified atom stereocenters. The topological polar surface area (TPSA) is 29.3 Å². The van der Waals surface area contributed by atoms with Crippen LogP contribution in [0.15, 0.2) is 42.5 Å².